The van der Waals surface area contributed by atoms with E-state index in [2.05, 4.69) is 31.3 Å². The maximum atomic E-state index is 5.94. The molecule has 3 atom stereocenters. The molecule has 0 fully saturated rings. The molecule has 0 spiro atoms. The highest BCUT2D eigenvalue weighted by Crippen LogP contribution is 2.25. The van der Waals surface area contributed by atoms with Crippen LogP contribution in [0.15, 0.2) is 35.0 Å². The fourth-order valence-electron chi connectivity index (χ4n) is 2.40. The Morgan fingerprint density at radius 2 is 2.26 bits per heavy atom. The molecule has 0 aromatic carbocycles. The molecule has 3 nitrogen and oxygen atoms in total. The Bertz CT molecular complexity index is 372. The fraction of sp³-hybridized carbons (Fsp3) is 0.625. The first-order valence-corrected chi connectivity index (χ1v) is 7.25. The van der Waals surface area contributed by atoms with Crippen LogP contribution in [0.25, 0.3) is 0 Å². The van der Waals surface area contributed by atoms with Crippen LogP contribution in [0.3, 0.4) is 0 Å². The van der Waals surface area contributed by atoms with Crippen molar-refractivity contribution in [2.45, 2.75) is 39.3 Å². The van der Waals surface area contributed by atoms with Crippen molar-refractivity contribution in [2.24, 2.45) is 11.8 Å². The van der Waals surface area contributed by atoms with Gasteiger partial charge in [0.2, 0.25) is 0 Å². The summed E-state index contributed by atoms with van der Waals surface area (Å²) in [5.41, 5.74) is 0. The first-order valence-electron chi connectivity index (χ1n) is 7.25. The molecule has 1 aromatic rings. The van der Waals surface area contributed by atoms with Gasteiger partial charge in [0.1, 0.15) is 5.76 Å². The molecule has 0 aliphatic heterocycles. The SMILES string of the molecule is CC(CNCc1ccco1)OCC1CC=CCC1C. The summed E-state index contributed by atoms with van der Waals surface area (Å²) < 4.78 is 11.2. The van der Waals surface area contributed by atoms with Crippen molar-refractivity contribution in [3.8, 4) is 0 Å². The van der Waals surface area contributed by atoms with Gasteiger partial charge in [-0.1, -0.05) is 19.1 Å². The van der Waals surface area contributed by atoms with Crippen LogP contribution >= 0.6 is 0 Å². The lowest BCUT2D eigenvalue weighted by Gasteiger charge is -2.26. The van der Waals surface area contributed by atoms with Crippen LogP contribution in [0.4, 0.5) is 0 Å². The summed E-state index contributed by atoms with van der Waals surface area (Å²) in [7, 11) is 0. The van der Waals surface area contributed by atoms with E-state index >= 15 is 0 Å². The van der Waals surface area contributed by atoms with E-state index in [-0.39, 0.29) is 6.10 Å². The molecule has 2 rings (SSSR count). The third-order valence-corrected chi connectivity index (χ3v) is 3.82. The topological polar surface area (TPSA) is 34.4 Å². The van der Waals surface area contributed by atoms with Crippen LogP contribution in [-0.4, -0.2) is 19.3 Å². The second-order valence-corrected chi connectivity index (χ2v) is 5.53. The summed E-state index contributed by atoms with van der Waals surface area (Å²) in [6, 6.07) is 3.89. The normalized spacial score (nSPS) is 24.5. The van der Waals surface area contributed by atoms with Gasteiger partial charge in [-0.05, 0) is 43.7 Å². The van der Waals surface area contributed by atoms with Gasteiger partial charge in [-0.3, -0.25) is 0 Å². The molecule has 0 bridgehead atoms. The first-order chi connectivity index (χ1) is 9.25. The summed E-state index contributed by atoms with van der Waals surface area (Å²) in [4.78, 5) is 0. The lowest BCUT2D eigenvalue weighted by atomic mass is 9.85. The smallest absolute Gasteiger partial charge is 0.117 e. The monoisotopic (exact) mass is 263 g/mol. The van der Waals surface area contributed by atoms with E-state index in [1.165, 1.54) is 6.42 Å². The van der Waals surface area contributed by atoms with E-state index < -0.39 is 0 Å². The molecule has 1 aromatic heterocycles. The lowest BCUT2D eigenvalue weighted by molar-refractivity contribution is 0.0266. The third kappa shape index (κ3) is 4.84. The minimum atomic E-state index is 0.244. The maximum Gasteiger partial charge on any atom is 0.117 e. The first kappa shape index (κ1) is 14.4. The Morgan fingerprint density at radius 3 is 3.00 bits per heavy atom. The molecule has 0 radical (unpaired) electrons. The van der Waals surface area contributed by atoms with E-state index in [9.17, 15) is 0 Å². The number of hydrogen-bond acceptors (Lipinski definition) is 3. The zero-order chi connectivity index (χ0) is 13.5. The van der Waals surface area contributed by atoms with Gasteiger partial charge < -0.3 is 14.5 Å². The quantitative estimate of drug-likeness (QED) is 0.766. The van der Waals surface area contributed by atoms with Gasteiger partial charge in [0.25, 0.3) is 0 Å². The highest BCUT2D eigenvalue weighted by Gasteiger charge is 2.19. The molecule has 0 saturated heterocycles. The molecule has 3 heteroatoms. The van der Waals surface area contributed by atoms with Crippen molar-refractivity contribution in [3.05, 3.63) is 36.3 Å². The van der Waals surface area contributed by atoms with Crippen molar-refractivity contribution in [1.29, 1.82) is 0 Å². The molecule has 1 aliphatic rings. The van der Waals surface area contributed by atoms with Gasteiger partial charge in [0.05, 0.1) is 25.5 Å². The Labute approximate surface area is 116 Å². The Kier molecular flexibility index (Phi) is 5.67. The molecule has 1 aliphatic carbocycles. The van der Waals surface area contributed by atoms with Crippen LogP contribution in [0.5, 0.6) is 0 Å². The van der Waals surface area contributed by atoms with Crippen molar-refractivity contribution in [3.63, 3.8) is 0 Å². The predicted octanol–water partition coefficient (Wildman–Crippen LogP) is 3.38. The summed E-state index contributed by atoms with van der Waals surface area (Å²) >= 11 is 0. The molecule has 0 saturated carbocycles. The van der Waals surface area contributed by atoms with Crippen molar-refractivity contribution < 1.29 is 9.15 Å². The van der Waals surface area contributed by atoms with Crippen LogP contribution in [-0.2, 0) is 11.3 Å². The molecule has 106 valence electrons. The number of hydrogen-bond donors (Lipinski definition) is 1. The van der Waals surface area contributed by atoms with E-state index in [0.29, 0.717) is 5.92 Å². The largest absolute Gasteiger partial charge is 0.468 e. The van der Waals surface area contributed by atoms with E-state index in [1.807, 2.05) is 12.1 Å². The average Bonchev–Trinajstić information content (AvgIpc) is 2.91. The van der Waals surface area contributed by atoms with Crippen LogP contribution in [0.1, 0.15) is 32.4 Å². The molecule has 3 unspecified atom stereocenters. The molecule has 19 heavy (non-hydrogen) atoms. The number of rotatable bonds is 7. The summed E-state index contributed by atoms with van der Waals surface area (Å²) in [6.07, 6.45) is 8.87. The van der Waals surface area contributed by atoms with Gasteiger partial charge >= 0.3 is 0 Å². The minimum absolute atomic E-state index is 0.244. The van der Waals surface area contributed by atoms with Gasteiger partial charge in [0, 0.05) is 6.54 Å². The highest BCUT2D eigenvalue weighted by molar-refractivity contribution is 4.97. The predicted molar refractivity (Wildman–Crippen MR) is 76.9 cm³/mol. The van der Waals surface area contributed by atoms with Crippen molar-refractivity contribution in [2.75, 3.05) is 13.2 Å². The van der Waals surface area contributed by atoms with E-state index in [4.69, 9.17) is 9.15 Å². The number of nitrogens with one attached hydrogen (secondary N) is 1. The summed E-state index contributed by atoms with van der Waals surface area (Å²) in [5.74, 6) is 2.39. The number of ether oxygens (including phenoxy) is 1. The van der Waals surface area contributed by atoms with Crippen LogP contribution in [0.2, 0.25) is 0 Å². The van der Waals surface area contributed by atoms with Gasteiger partial charge in [-0.2, -0.15) is 0 Å². The third-order valence-electron chi connectivity index (χ3n) is 3.82. The van der Waals surface area contributed by atoms with Crippen molar-refractivity contribution >= 4 is 0 Å². The second-order valence-electron chi connectivity index (χ2n) is 5.53. The minimum Gasteiger partial charge on any atom is -0.468 e. The van der Waals surface area contributed by atoms with Gasteiger partial charge in [-0.15, -0.1) is 0 Å². The highest BCUT2D eigenvalue weighted by atomic mass is 16.5. The second kappa shape index (κ2) is 7.51. The van der Waals surface area contributed by atoms with Gasteiger partial charge in [-0.25, -0.2) is 0 Å². The lowest BCUT2D eigenvalue weighted by Crippen LogP contribution is -2.29. The van der Waals surface area contributed by atoms with E-state index in [1.54, 1.807) is 6.26 Å². The zero-order valence-electron chi connectivity index (χ0n) is 12.0. The standard InChI is InChI=1S/C16H25NO2/c1-13-6-3-4-7-15(13)12-19-14(2)10-17-11-16-8-5-9-18-16/h3-5,8-9,13-15,17H,6-7,10-12H2,1-2H3. The molecule has 0 amide bonds. The molecular formula is C16H25NO2. The Balaban J connectivity index is 1.59. The molecular weight excluding hydrogens is 238 g/mol. The average molecular weight is 263 g/mol. The Morgan fingerprint density at radius 1 is 1.42 bits per heavy atom. The number of allylic oxidation sites excluding steroid dienone is 2. The number of furan rings is 1. The van der Waals surface area contributed by atoms with Crippen LogP contribution in [0, 0.1) is 11.8 Å². The van der Waals surface area contributed by atoms with E-state index in [0.717, 1.165) is 37.8 Å². The summed E-state index contributed by atoms with van der Waals surface area (Å²) in [5, 5.41) is 3.35. The van der Waals surface area contributed by atoms with Crippen LogP contribution < -0.4 is 5.32 Å². The zero-order valence-corrected chi connectivity index (χ0v) is 12.0. The summed E-state index contributed by atoms with van der Waals surface area (Å²) in [6.45, 7) is 6.94. The maximum absolute atomic E-state index is 5.94. The van der Waals surface area contributed by atoms with Gasteiger partial charge in [0.15, 0.2) is 0 Å². The van der Waals surface area contributed by atoms with Crippen molar-refractivity contribution in [1.82, 2.24) is 5.32 Å². The molecule has 1 N–H and O–H groups in total. The Hall–Kier alpha value is -1.06. The molecule has 1 heterocycles. The fourth-order valence-corrected chi connectivity index (χ4v) is 2.40.